The second-order valence-corrected chi connectivity index (χ2v) is 6.92. The number of aromatic nitrogens is 2. The molecule has 1 aromatic heterocycles. The highest BCUT2D eigenvalue weighted by atomic mass is 35.5. The Bertz CT molecular complexity index is 1110. The Morgan fingerprint density at radius 3 is 2.60 bits per heavy atom. The van der Waals surface area contributed by atoms with E-state index in [1.165, 1.54) is 24.3 Å². The minimum absolute atomic E-state index is 0.143. The number of rotatable bonds is 5. The van der Waals surface area contributed by atoms with Crippen molar-refractivity contribution in [2.75, 3.05) is 11.9 Å². The molecule has 0 saturated carbocycles. The quantitative estimate of drug-likeness (QED) is 0.671. The van der Waals surface area contributed by atoms with Crippen LogP contribution in [0.5, 0.6) is 0 Å². The number of hydrogen-bond donors (Lipinski definition) is 1. The molecule has 1 aliphatic rings. The molecule has 2 heterocycles. The molecule has 4 rings (SSSR count). The highest BCUT2D eigenvalue weighted by Gasteiger charge is 2.26. The van der Waals surface area contributed by atoms with Gasteiger partial charge < -0.3 is 9.84 Å². The number of halogens is 2. The van der Waals surface area contributed by atoms with E-state index in [1.807, 2.05) is 0 Å². The maximum Gasteiger partial charge on any atom is 0.274 e. The van der Waals surface area contributed by atoms with E-state index in [9.17, 15) is 14.0 Å². The number of hydrazone groups is 1. The van der Waals surface area contributed by atoms with Crippen molar-refractivity contribution in [1.29, 1.82) is 0 Å². The topological polar surface area (TPSA) is 101 Å². The molecule has 8 nitrogen and oxygen atoms in total. The van der Waals surface area contributed by atoms with Crippen LogP contribution in [0.15, 0.2) is 58.2 Å². The van der Waals surface area contributed by atoms with Crippen LogP contribution in [-0.4, -0.2) is 39.2 Å². The van der Waals surface area contributed by atoms with Gasteiger partial charge in [-0.3, -0.25) is 9.59 Å². The van der Waals surface area contributed by atoms with Crippen molar-refractivity contribution in [1.82, 2.24) is 15.1 Å². The summed E-state index contributed by atoms with van der Waals surface area (Å²) in [6.45, 7) is -0.260. The van der Waals surface area contributed by atoms with Gasteiger partial charge in [0.1, 0.15) is 18.1 Å². The van der Waals surface area contributed by atoms with Crippen molar-refractivity contribution < 1.29 is 18.5 Å². The van der Waals surface area contributed by atoms with Crippen LogP contribution in [0.3, 0.4) is 0 Å². The predicted octanol–water partition coefficient (Wildman–Crippen LogP) is 3.49. The Labute approximate surface area is 175 Å². The van der Waals surface area contributed by atoms with Gasteiger partial charge in [-0.25, -0.2) is 9.40 Å². The Morgan fingerprint density at radius 1 is 1.13 bits per heavy atom. The zero-order valence-corrected chi connectivity index (χ0v) is 16.3. The van der Waals surface area contributed by atoms with E-state index >= 15 is 0 Å². The summed E-state index contributed by atoms with van der Waals surface area (Å²) < 4.78 is 18.3. The van der Waals surface area contributed by atoms with Crippen molar-refractivity contribution >= 4 is 34.8 Å². The average molecular weight is 428 g/mol. The van der Waals surface area contributed by atoms with Crippen LogP contribution in [0.2, 0.25) is 5.02 Å². The summed E-state index contributed by atoms with van der Waals surface area (Å²) in [6, 6.07) is 12.3. The minimum atomic E-state index is -0.409. The second kappa shape index (κ2) is 8.42. The first-order valence-electron chi connectivity index (χ1n) is 9.01. The number of amides is 2. The van der Waals surface area contributed by atoms with Gasteiger partial charge >= 0.3 is 0 Å². The van der Waals surface area contributed by atoms with Crippen molar-refractivity contribution in [3.63, 3.8) is 0 Å². The first-order valence-corrected chi connectivity index (χ1v) is 9.39. The predicted molar refractivity (Wildman–Crippen MR) is 107 cm³/mol. The third-order valence-electron chi connectivity index (χ3n) is 4.30. The molecule has 1 N–H and O–H groups in total. The van der Waals surface area contributed by atoms with Gasteiger partial charge in [0.25, 0.3) is 5.89 Å². The summed E-state index contributed by atoms with van der Waals surface area (Å²) in [6.07, 6.45) is 0.459. The Kier molecular flexibility index (Phi) is 5.53. The molecule has 2 aromatic carbocycles. The van der Waals surface area contributed by atoms with Gasteiger partial charge in [0, 0.05) is 29.1 Å². The van der Waals surface area contributed by atoms with Crippen molar-refractivity contribution in [3.05, 3.63) is 65.3 Å². The molecule has 0 unspecified atom stereocenters. The van der Waals surface area contributed by atoms with Crippen LogP contribution in [0, 0.1) is 5.82 Å². The third-order valence-corrected chi connectivity index (χ3v) is 4.55. The zero-order chi connectivity index (χ0) is 21.1. The largest absolute Gasteiger partial charge is 0.332 e. The molecular weight excluding hydrogens is 413 g/mol. The lowest BCUT2D eigenvalue weighted by Gasteiger charge is -2.21. The number of nitrogens with one attached hydrogen (secondary N) is 1. The molecule has 10 heteroatoms. The Morgan fingerprint density at radius 2 is 1.87 bits per heavy atom. The van der Waals surface area contributed by atoms with Crippen LogP contribution in [0.25, 0.3) is 11.4 Å². The van der Waals surface area contributed by atoms with Gasteiger partial charge in [-0.15, -0.1) is 0 Å². The molecule has 30 heavy (non-hydrogen) atoms. The third kappa shape index (κ3) is 4.52. The lowest BCUT2D eigenvalue weighted by molar-refractivity contribution is -0.135. The lowest BCUT2D eigenvalue weighted by atomic mass is 10.1. The van der Waals surface area contributed by atoms with E-state index in [-0.39, 0.29) is 36.4 Å². The summed E-state index contributed by atoms with van der Waals surface area (Å²) in [5.74, 6) is -0.650. The van der Waals surface area contributed by atoms with Crippen LogP contribution >= 0.6 is 11.6 Å². The minimum Gasteiger partial charge on any atom is -0.332 e. The fourth-order valence-electron chi connectivity index (χ4n) is 2.81. The summed E-state index contributed by atoms with van der Waals surface area (Å²) in [4.78, 5) is 28.7. The van der Waals surface area contributed by atoms with E-state index in [1.54, 1.807) is 24.3 Å². The molecule has 0 atom stereocenters. The lowest BCUT2D eigenvalue weighted by Crippen LogP contribution is -2.38. The standard InChI is InChI=1S/C20H15ClFN5O3/c21-13-3-7-15(8-4-13)23-17(28)11-27-18(29)10-9-16(25-27)20-24-19(26-30-20)12-1-5-14(22)6-2-12/h1-8H,9-11H2,(H,23,28). The van der Waals surface area contributed by atoms with Crippen molar-refractivity contribution in [2.24, 2.45) is 5.10 Å². The Hall–Kier alpha value is -3.59. The van der Waals surface area contributed by atoms with Crippen molar-refractivity contribution in [3.8, 4) is 11.4 Å². The summed E-state index contributed by atoms with van der Waals surface area (Å²) in [5, 5.41) is 12.4. The van der Waals surface area contributed by atoms with E-state index in [0.29, 0.717) is 28.4 Å². The smallest absolute Gasteiger partial charge is 0.274 e. The van der Waals surface area contributed by atoms with Crippen LogP contribution in [-0.2, 0) is 9.59 Å². The molecule has 2 amide bonds. The monoisotopic (exact) mass is 427 g/mol. The van der Waals surface area contributed by atoms with Gasteiger partial charge in [-0.05, 0) is 48.5 Å². The van der Waals surface area contributed by atoms with Crippen LogP contribution in [0.4, 0.5) is 10.1 Å². The molecule has 0 saturated heterocycles. The SMILES string of the molecule is O=C(CN1N=C(c2nc(-c3ccc(F)cc3)no2)CCC1=O)Nc1ccc(Cl)cc1. The van der Waals surface area contributed by atoms with E-state index in [4.69, 9.17) is 16.1 Å². The van der Waals surface area contributed by atoms with Gasteiger partial charge in [-0.1, -0.05) is 16.8 Å². The average Bonchev–Trinajstić information content (AvgIpc) is 3.22. The molecule has 0 spiro atoms. The summed E-state index contributed by atoms with van der Waals surface area (Å²) in [7, 11) is 0. The van der Waals surface area contributed by atoms with E-state index in [2.05, 4.69) is 20.6 Å². The van der Waals surface area contributed by atoms with Gasteiger partial charge in [0.15, 0.2) is 0 Å². The summed E-state index contributed by atoms with van der Waals surface area (Å²) in [5.41, 5.74) is 1.53. The fraction of sp³-hybridized carbons (Fsp3) is 0.150. The highest BCUT2D eigenvalue weighted by Crippen LogP contribution is 2.20. The van der Waals surface area contributed by atoms with Gasteiger partial charge in [0.05, 0.1) is 0 Å². The maximum atomic E-state index is 13.1. The number of benzene rings is 2. The maximum absolute atomic E-state index is 13.1. The zero-order valence-electron chi connectivity index (χ0n) is 15.5. The molecular formula is C20H15ClFN5O3. The highest BCUT2D eigenvalue weighted by molar-refractivity contribution is 6.30. The molecule has 152 valence electrons. The fourth-order valence-corrected chi connectivity index (χ4v) is 2.93. The van der Waals surface area contributed by atoms with Crippen LogP contribution in [0.1, 0.15) is 18.7 Å². The first-order chi connectivity index (χ1) is 14.5. The van der Waals surface area contributed by atoms with Crippen molar-refractivity contribution in [2.45, 2.75) is 12.8 Å². The molecule has 3 aromatic rings. The number of carbonyl (C=O) groups excluding carboxylic acids is 2. The number of carbonyl (C=O) groups is 2. The normalized spacial score (nSPS) is 13.9. The van der Waals surface area contributed by atoms with Crippen LogP contribution < -0.4 is 5.32 Å². The number of nitrogens with zero attached hydrogens (tertiary/aromatic N) is 4. The summed E-state index contributed by atoms with van der Waals surface area (Å²) >= 11 is 5.83. The molecule has 1 aliphatic heterocycles. The second-order valence-electron chi connectivity index (χ2n) is 6.48. The van der Waals surface area contributed by atoms with E-state index < -0.39 is 5.91 Å². The number of anilines is 1. The Balaban J connectivity index is 1.47. The molecule has 0 bridgehead atoms. The molecule has 0 radical (unpaired) electrons. The van der Waals surface area contributed by atoms with E-state index in [0.717, 1.165) is 5.01 Å². The molecule has 0 aliphatic carbocycles. The van der Waals surface area contributed by atoms with Gasteiger partial charge in [0.2, 0.25) is 17.6 Å². The molecule has 0 fully saturated rings. The van der Waals surface area contributed by atoms with Gasteiger partial charge in [-0.2, -0.15) is 10.1 Å². The first kappa shape index (κ1) is 19.7. The number of hydrogen-bond acceptors (Lipinski definition) is 6.